The van der Waals surface area contributed by atoms with Gasteiger partial charge in [-0.3, -0.25) is 0 Å². The van der Waals surface area contributed by atoms with Gasteiger partial charge in [0.2, 0.25) is 0 Å². The number of nitrogens with zero attached hydrogens (tertiary/aromatic N) is 1. The molecule has 1 saturated heterocycles. The number of nitrogens with one attached hydrogen (secondary N) is 1. The van der Waals surface area contributed by atoms with E-state index in [4.69, 9.17) is 0 Å². The molecule has 2 unspecified atom stereocenters. The van der Waals surface area contributed by atoms with Gasteiger partial charge in [0.1, 0.15) is 0 Å². The highest BCUT2D eigenvalue weighted by atomic mass is 15.1. The van der Waals surface area contributed by atoms with Crippen molar-refractivity contribution in [1.82, 2.24) is 10.2 Å². The molecule has 1 rings (SSSR count). The Bertz CT molecular complexity index is 217. The van der Waals surface area contributed by atoms with Crippen LogP contribution in [0.15, 0.2) is 0 Å². The van der Waals surface area contributed by atoms with Gasteiger partial charge in [-0.15, -0.1) is 0 Å². The molecule has 0 aromatic heterocycles. The number of likely N-dealkylation sites (tertiary alicyclic amines) is 1. The summed E-state index contributed by atoms with van der Waals surface area (Å²) in [6.07, 6.45) is 14.3. The Morgan fingerprint density at radius 3 is 2.35 bits per heavy atom. The van der Waals surface area contributed by atoms with E-state index in [1.807, 2.05) is 0 Å². The van der Waals surface area contributed by atoms with Crippen LogP contribution in [0.25, 0.3) is 0 Å². The molecule has 0 aromatic carbocycles. The zero-order valence-corrected chi connectivity index (χ0v) is 14.3. The second-order valence-corrected chi connectivity index (χ2v) is 6.76. The molecule has 2 heteroatoms. The smallest absolute Gasteiger partial charge is 0.00762 e. The fraction of sp³-hybridized carbons (Fsp3) is 1.00. The standard InChI is InChI=1S/C18H38N2/c1-4-5-6-7-8-9-10-11-14-20-15-12-13-18(16-20)17(2)19-3/h17-19H,4-16H2,1-3H3. The maximum Gasteiger partial charge on any atom is 0.00762 e. The summed E-state index contributed by atoms with van der Waals surface area (Å²) in [5, 5.41) is 3.43. The molecule has 2 atom stereocenters. The monoisotopic (exact) mass is 282 g/mol. The molecule has 2 nitrogen and oxygen atoms in total. The van der Waals surface area contributed by atoms with Gasteiger partial charge < -0.3 is 10.2 Å². The second kappa shape index (κ2) is 11.6. The number of hydrogen-bond acceptors (Lipinski definition) is 2. The molecule has 1 fully saturated rings. The Morgan fingerprint density at radius 1 is 1.05 bits per heavy atom. The van der Waals surface area contributed by atoms with Crippen LogP contribution in [0.1, 0.15) is 78.1 Å². The van der Waals surface area contributed by atoms with E-state index < -0.39 is 0 Å². The Morgan fingerprint density at radius 2 is 1.70 bits per heavy atom. The first kappa shape index (κ1) is 18.0. The van der Waals surface area contributed by atoms with Crippen molar-refractivity contribution in [3.05, 3.63) is 0 Å². The van der Waals surface area contributed by atoms with Gasteiger partial charge in [-0.05, 0) is 52.2 Å². The maximum atomic E-state index is 3.43. The van der Waals surface area contributed by atoms with E-state index in [1.165, 1.54) is 83.8 Å². The predicted octanol–water partition coefficient (Wildman–Crippen LogP) is 4.45. The van der Waals surface area contributed by atoms with E-state index in [1.54, 1.807) is 0 Å². The molecule has 0 aromatic rings. The van der Waals surface area contributed by atoms with Crippen molar-refractivity contribution >= 4 is 0 Å². The lowest BCUT2D eigenvalue weighted by molar-refractivity contribution is 0.151. The third-order valence-electron chi connectivity index (χ3n) is 5.03. The normalized spacial score (nSPS) is 22.1. The van der Waals surface area contributed by atoms with Crippen molar-refractivity contribution in [2.75, 3.05) is 26.7 Å². The summed E-state index contributed by atoms with van der Waals surface area (Å²) in [4.78, 5) is 2.71. The van der Waals surface area contributed by atoms with Crippen LogP contribution in [0.5, 0.6) is 0 Å². The third-order valence-corrected chi connectivity index (χ3v) is 5.03. The van der Waals surface area contributed by atoms with Crippen molar-refractivity contribution in [3.63, 3.8) is 0 Å². The fourth-order valence-corrected chi connectivity index (χ4v) is 3.41. The topological polar surface area (TPSA) is 15.3 Å². The lowest BCUT2D eigenvalue weighted by Crippen LogP contribution is -2.43. The van der Waals surface area contributed by atoms with Crippen molar-refractivity contribution in [2.24, 2.45) is 5.92 Å². The molecule has 0 bridgehead atoms. The molecule has 0 amide bonds. The Balaban J connectivity index is 1.98. The van der Waals surface area contributed by atoms with Crippen LogP contribution in [0.3, 0.4) is 0 Å². The quantitative estimate of drug-likeness (QED) is 0.563. The molecular weight excluding hydrogens is 244 g/mol. The summed E-state index contributed by atoms with van der Waals surface area (Å²) in [6, 6.07) is 0.677. The van der Waals surface area contributed by atoms with Gasteiger partial charge in [0, 0.05) is 12.6 Å². The van der Waals surface area contributed by atoms with E-state index in [-0.39, 0.29) is 0 Å². The molecule has 0 saturated carbocycles. The third kappa shape index (κ3) is 7.64. The van der Waals surface area contributed by atoms with Crippen LogP contribution in [-0.2, 0) is 0 Å². The second-order valence-electron chi connectivity index (χ2n) is 6.76. The molecule has 0 spiro atoms. The summed E-state index contributed by atoms with van der Waals surface area (Å²) >= 11 is 0. The fourth-order valence-electron chi connectivity index (χ4n) is 3.41. The molecule has 1 heterocycles. The SMILES string of the molecule is CCCCCCCCCCN1CCCC(C(C)NC)C1. The van der Waals surface area contributed by atoms with Gasteiger partial charge in [0.15, 0.2) is 0 Å². The lowest BCUT2D eigenvalue weighted by Gasteiger charge is -2.35. The first-order chi connectivity index (χ1) is 9.77. The van der Waals surface area contributed by atoms with Crippen molar-refractivity contribution in [2.45, 2.75) is 84.1 Å². The number of hydrogen-bond donors (Lipinski definition) is 1. The lowest BCUT2D eigenvalue weighted by atomic mass is 9.91. The van der Waals surface area contributed by atoms with Gasteiger partial charge in [-0.1, -0.05) is 51.9 Å². The van der Waals surface area contributed by atoms with E-state index in [9.17, 15) is 0 Å². The van der Waals surface area contributed by atoms with Crippen molar-refractivity contribution < 1.29 is 0 Å². The molecule has 120 valence electrons. The summed E-state index contributed by atoms with van der Waals surface area (Å²) < 4.78 is 0. The van der Waals surface area contributed by atoms with Crippen molar-refractivity contribution in [3.8, 4) is 0 Å². The van der Waals surface area contributed by atoms with Crippen LogP contribution in [0.2, 0.25) is 0 Å². The minimum atomic E-state index is 0.677. The zero-order valence-electron chi connectivity index (χ0n) is 14.3. The first-order valence-corrected chi connectivity index (χ1v) is 9.17. The molecule has 1 aliphatic rings. The Labute approximate surface area is 127 Å². The maximum absolute atomic E-state index is 3.43. The minimum Gasteiger partial charge on any atom is -0.317 e. The average molecular weight is 283 g/mol. The van der Waals surface area contributed by atoms with Crippen molar-refractivity contribution in [1.29, 1.82) is 0 Å². The number of rotatable bonds is 11. The van der Waals surface area contributed by atoms with Crippen LogP contribution in [0.4, 0.5) is 0 Å². The summed E-state index contributed by atoms with van der Waals surface area (Å²) in [7, 11) is 2.10. The number of unbranched alkanes of at least 4 members (excludes halogenated alkanes) is 7. The van der Waals surface area contributed by atoms with Crippen LogP contribution < -0.4 is 5.32 Å². The van der Waals surface area contributed by atoms with E-state index in [2.05, 4.69) is 31.1 Å². The van der Waals surface area contributed by atoms with Crippen LogP contribution in [0, 0.1) is 5.92 Å². The molecule has 1 aliphatic heterocycles. The largest absolute Gasteiger partial charge is 0.317 e. The van der Waals surface area contributed by atoms with Gasteiger partial charge >= 0.3 is 0 Å². The highest BCUT2D eigenvalue weighted by molar-refractivity contribution is 4.79. The summed E-state index contributed by atoms with van der Waals surface area (Å²) in [6.45, 7) is 8.62. The van der Waals surface area contributed by atoms with Gasteiger partial charge in [0.25, 0.3) is 0 Å². The molecule has 0 radical (unpaired) electrons. The summed E-state index contributed by atoms with van der Waals surface area (Å²) in [5.41, 5.74) is 0. The minimum absolute atomic E-state index is 0.677. The first-order valence-electron chi connectivity index (χ1n) is 9.17. The molecular formula is C18H38N2. The Hall–Kier alpha value is -0.0800. The molecule has 1 N–H and O–H groups in total. The highest BCUT2D eigenvalue weighted by Gasteiger charge is 2.23. The summed E-state index contributed by atoms with van der Waals surface area (Å²) in [5.74, 6) is 0.864. The van der Waals surface area contributed by atoms with Gasteiger partial charge in [-0.25, -0.2) is 0 Å². The van der Waals surface area contributed by atoms with Gasteiger partial charge in [-0.2, -0.15) is 0 Å². The predicted molar refractivity (Wildman–Crippen MR) is 90.3 cm³/mol. The molecule has 20 heavy (non-hydrogen) atoms. The van der Waals surface area contributed by atoms with Gasteiger partial charge in [0.05, 0.1) is 0 Å². The van der Waals surface area contributed by atoms with E-state index in [0.717, 1.165) is 5.92 Å². The Kier molecular flexibility index (Phi) is 10.4. The van der Waals surface area contributed by atoms with E-state index >= 15 is 0 Å². The number of piperidine rings is 1. The van der Waals surface area contributed by atoms with Crippen LogP contribution in [-0.4, -0.2) is 37.6 Å². The van der Waals surface area contributed by atoms with E-state index in [0.29, 0.717) is 6.04 Å². The highest BCUT2D eigenvalue weighted by Crippen LogP contribution is 2.20. The zero-order chi connectivity index (χ0) is 14.6. The average Bonchev–Trinajstić information content (AvgIpc) is 2.49. The van der Waals surface area contributed by atoms with Crippen LogP contribution >= 0.6 is 0 Å². The molecule has 0 aliphatic carbocycles.